The molecule has 0 bridgehead atoms. The van der Waals surface area contributed by atoms with Crippen LogP contribution in [-0.4, -0.2) is 8.42 Å². The third kappa shape index (κ3) is 2.83. The van der Waals surface area contributed by atoms with Crippen molar-refractivity contribution in [2.75, 3.05) is 0 Å². The van der Waals surface area contributed by atoms with Gasteiger partial charge in [-0.2, -0.15) is 4.73 Å². The quantitative estimate of drug-likeness (QED) is 0.546. The van der Waals surface area contributed by atoms with Crippen LogP contribution in [0.25, 0.3) is 11.1 Å². The lowest BCUT2D eigenvalue weighted by molar-refractivity contribution is -0.607. The van der Waals surface area contributed by atoms with E-state index in [9.17, 15) is 18.0 Å². The summed E-state index contributed by atoms with van der Waals surface area (Å²) in [5, 5.41) is 11.5. The van der Waals surface area contributed by atoms with E-state index in [1.165, 1.54) is 36.7 Å². The zero-order valence-corrected chi connectivity index (χ0v) is 12.9. The van der Waals surface area contributed by atoms with Crippen molar-refractivity contribution < 1.29 is 22.0 Å². The average Bonchev–Trinajstić information content (AvgIpc) is 3.04. The Balaban J connectivity index is 2.15. The fourth-order valence-corrected chi connectivity index (χ4v) is 3.33. The number of furan rings is 1. The summed E-state index contributed by atoms with van der Waals surface area (Å²) < 4.78 is 43.9. The maximum absolute atomic E-state index is 13.7. The van der Waals surface area contributed by atoms with Crippen LogP contribution in [0.15, 0.2) is 69.5 Å². The van der Waals surface area contributed by atoms with Gasteiger partial charge in [0.15, 0.2) is 12.4 Å². The van der Waals surface area contributed by atoms with Crippen molar-refractivity contribution in [2.45, 2.75) is 16.9 Å². The molecule has 0 aliphatic heterocycles. The van der Waals surface area contributed by atoms with E-state index in [0.29, 0.717) is 21.4 Å². The van der Waals surface area contributed by atoms with E-state index in [4.69, 9.17) is 4.42 Å². The number of pyridine rings is 1. The number of rotatable bonds is 3. The fraction of sp³-hybridized carbons (Fsp3) is 0.0625. The summed E-state index contributed by atoms with van der Waals surface area (Å²) >= 11 is 0. The molecule has 0 amide bonds. The minimum atomic E-state index is -3.95. The summed E-state index contributed by atoms with van der Waals surface area (Å²) in [6.07, 6.45) is 3.36. The van der Waals surface area contributed by atoms with Gasteiger partial charge in [0.1, 0.15) is 10.7 Å². The summed E-state index contributed by atoms with van der Waals surface area (Å²) in [6.45, 7) is 1.62. The topological polar surface area (TPSA) is 74.2 Å². The van der Waals surface area contributed by atoms with Gasteiger partial charge in [-0.05, 0) is 42.3 Å². The molecule has 0 aliphatic carbocycles. The average molecular weight is 333 g/mol. The van der Waals surface area contributed by atoms with E-state index in [-0.39, 0.29) is 9.99 Å². The molecule has 0 saturated carbocycles. The Morgan fingerprint density at radius 3 is 2.57 bits per heavy atom. The second-order valence-electron chi connectivity index (χ2n) is 5.02. The summed E-state index contributed by atoms with van der Waals surface area (Å²) in [7, 11) is -3.95. The Labute approximate surface area is 132 Å². The second-order valence-corrected chi connectivity index (χ2v) is 6.90. The molecule has 7 heteroatoms. The van der Waals surface area contributed by atoms with Crippen LogP contribution >= 0.6 is 0 Å². The molecule has 0 fully saturated rings. The summed E-state index contributed by atoms with van der Waals surface area (Å²) in [4.78, 5) is -0.221. The molecule has 0 atom stereocenters. The second kappa shape index (κ2) is 5.51. The van der Waals surface area contributed by atoms with Crippen LogP contribution in [0, 0.1) is 17.9 Å². The molecule has 1 aromatic carbocycles. The Kier molecular flexibility index (Phi) is 3.65. The number of halogens is 1. The van der Waals surface area contributed by atoms with Crippen molar-refractivity contribution >= 4 is 9.84 Å². The zero-order valence-electron chi connectivity index (χ0n) is 12.1. The van der Waals surface area contributed by atoms with Crippen LogP contribution in [0.2, 0.25) is 0 Å². The monoisotopic (exact) mass is 333 g/mol. The highest BCUT2D eigenvalue weighted by Gasteiger charge is 2.24. The molecule has 23 heavy (non-hydrogen) atoms. The van der Waals surface area contributed by atoms with Crippen LogP contribution in [0.5, 0.6) is 0 Å². The Hall–Kier alpha value is -2.67. The van der Waals surface area contributed by atoms with Gasteiger partial charge in [-0.25, -0.2) is 12.8 Å². The van der Waals surface area contributed by atoms with Gasteiger partial charge in [0.2, 0.25) is 14.9 Å². The van der Waals surface area contributed by atoms with Gasteiger partial charge in [-0.15, -0.1) is 0 Å². The van der Waals surface area contributed by atoms with Crippen LogP contribution in [0.4, 0.5) is 4.39 Å². The van der Waals surface area contributed by atoms with Gasteiger partial charge < -0.3 is 9.62 Å². The van der Waals surface area contributed by atoms with Crippen LogP contribution < -0.4 is 4.73 Å². The first-order valence-corrected chi connectivity index (χ1v) is 8.15. The highest BCUT2D eigenvalue weighted by atomic mass is 32.2. The number of benzene rings is 1. The largest absolute Gasteiger partial charge is 0.619 e. The maximum atomic E-state index is 13.7. The molecule has 0 radical (unpaired) electrons. The lowest BCUT2D eigenvalue weighted by atomic mass is 10.1. The van der Waals surface area contributed by atoms with E-state index < -0.39 is 15.7 Å². The lowest BCUT2D eigenvalue weighted by Gasteiger charge is -2.07. The summed E-state index contributed by atoms with van der Waals surface area (Å²) in [5.41, 5.74) is 1.17. The summed E-state index contributed by atoms with van der Waals surface area (Å²) in [6, 6.07) is 8.49. The highest BCUT2D eigenvalue weighted by Crippen LogP contribution is 2.26. The van der Waals surface area contributed by atoms with E-state index in [1.54, 1.807) is 19.1 Å². The minimum absolute atomic E-state index is 0.221. The van der Waals surface area contributed by atoms with Gasteiger partial charge in [0.05, 0.1) is 6.26 Å². The fourth-order valence-electron chi connectivity index (χ4n) is 2.14. The van der Waals surface area contributed by atoms with Crippen molar-refractivity contribution in [1.29, 1.82) is 0 Å². The molecule has 0 unspecified atom stereocenters. The highest BCUT2D eigenvalue weighted by molar-refractivity contribution is 7.91. The molecule has 3 rings (SSSR count). The van der Waals surface area contributed by atoms with E-state index >= 15 is 0 Å². The number of aryl methyl sites for hydroxylation is 1. The Morgan fingerprint density at radius 1 is 1.13 bits per heavy atom. The van der Waals surface area contributed by atoms with Crippen molar-refractivity contribution in [3.05, 3.63) is 71.6 Å². The van der Waals surface area contributed by atoms with Gasteiger partial charge in [0, 0.05) is 5.56 Å². The number of nitrogens with zero attached hydrogens (tertiary/aromatic N) is 1. The molecule has 2 heterocycles. The molecule has 5 nitrogen and oxygen atoms in total. The van der Waals surface area contributed by atoms with E-state index in [2.05, 4.69) is 0 Å². The smallest absolute Gasteiger partial charge is 0.245 e. The van der Waals surface area contributed by atoms with Gasteiger partial charge in [0.25, 0.3) is 0 Å². The first-order valence-electron chi connectivity index (χ1n) is 6.67. The molecular weight excluding hydrogens is 321 g/mol. The number of aromatic nitrogens is 1. The third-order valence-electron chi connectivity index (χ3n) is 3.39. The van der Waals surface area contributed by atoms with Crippen LogP contribution in [-0.2, 0) is 9.84 Å². The van der Waals surface area contributed by atoms with E-state index in [1.807, 2.05) is 0 Å². The third-order valence-corrected chi connectivity index (χ3v) is 5.00. The van der Waals surface area contributed by atoms with Crippen molar-refractivity contribution in [3.8, 4) is 11.1 Å². The predicted molar refractivity (Wildman–Crippen MR) is 79.7 cm³/mol. The minimum Gasteiger partial charge on any atom is -0.619 e. The lowest BCUT2D eigenvalue weighted by Crippen LogP contribution is -2.26. The van der Waals surface area contributed by atoms with Crippen molar-refractivity contribution in [2.24, 2.45) is 0 Å². The molecule has 0 spiro atoms. The Morgan fingerprint density at radius 2 is 1.91 bits per heavy atom. The zero-order chi connectivity index (χ0) is 16.6. The van der Waals surface area contributed by atoms with Gasteiger partial charge in [-0.1, -0.05) is 12.1 Å². The number of sulfone groups is 1. The first kappa shape index (κ1) is 15.2. The molecule has 3 aromatic rings. The van der Waals surface area contributed by atoms with Gasteiger partial charge >= 0.3 is 0 Å². The molecule has 0 aliphatic rings. The summed E-state index contributed by atoms with van der Waals surface area (Å²) in [5.74, 6) is -0.431. The normalized spacial score (nSPS) is 11.6. The molecule has 118 valence electrons. The molecule has 2 aromatic heterocycles. The predicted octanol–water partition coefficient (Wildman–Crippen LogP) is 2.86. The van der Waals surface area contributed by atoms with Crippen molar-refractivity contribution in [3.63, 3.8) is 0 Å². The van der Waals surface area contributed by atoms with Crippen LogP contribution in [0.1, 0.15) is 5.56 Å². The molecular formula is C16H12FNO4S. The maximum Gasteiger partial charge on any atom is 0.245 e. The first-order chi connectivity index (χ1) is 10.9. The van der Waals surface area contributed by atoms with E-state index in [0.717, 1.165) is 6.20 Å². The van der Waals surface area contributed by atoms with Crippen molar-refractivity contribution in [1.82, 2.24) is 0 Å². The Bertz CT molecular complexity index is 966. The van der Waals surface area contributed by atoms with Gasteiger partial charge in [-0.3, -0.25) is 0 Å². The number of hydrogen-bond acceptors (Lipinski definition) is 4. The number of hydrogen-bond donors (Lipinski definition) is 0. The SMILES string of the molecule is Cc1ccc(-c2cc(S(=O)(=O)c3ccco3)c[n+]([O-])c2)cc1F. The van der Waals surface area contributed by atoms with Crippen LogP contribution in [0.3, 0.4) is 0 Å². The molecule has 0 saturated heterocycles. The molecule has 0 N–H and O–H groups in total. The standard InChI is InChI=1S/C16H12FNO4S/c1-11-4-5-12(8-15(11)17)13-7-14(10-18(19)9-13)23(20,21)16-3-2-6-22-16/h2-10H,1H3.